The highest BCUT2D eigenvalue weighted by atomic mass is 16.6. The van der Waals surface area contributed by atoms with Gasteiger partial charge in [0.2, 0.25) is 0 Å². The molecule has 0 N–H and O–H groups in total. The molecule has 1 saturated heterocycles. The summed E-state index contributed by atoms with van der Waals surface area (Å²) in [6.45, 7) is 5.11. The lowest BCUT2D eigenvalue weighted by Gasteiger charge is -2.20. The predicted molar refractivity (Wildman–Crippen MR) is 73.4 cm³/mol. The van der Waals surface area contributed by atoms with Gasteiger partial charge in [-0.25, -0.2) is 4.79 Å². The van der Waals surface area contributed by atoms with E-state index in [1.54, 1.807) is 18.2 Å². The molecule has 1 aliphatic heterocycles. The fraction of sp³-hybridized carbons (Fsp3) is 0.400. The van der Waals surface area contributed by atoms with Crippen LogP contribution in [0.15, 0.2) is 36.9 Å². The fourth-order valence-corrected chi connectivity index (χ4v) is 2.18. The van der Waals surface area contributed by atoms with Crippen molar-refractivity contribution >= 4 is 5.97 Å². The van der Waals surface area contributed by atoms with Gasteiger partial charge in [0.15, 0.2) is 11.5 Å². The molecule has 1 unspecified atom stereocenters. The van der Waals surface area contributed by atoms with Crippen LogP contribution in [0, 0.1) is 0 Å². The zero-order valence-corrected chi connectivity index (χ0v) is 11.2. The largest absolute Gasteiger partial charge is 0.488 e. The summed E-state index contributed by atoms with van der Waals surface area (Å²) in [6.07, 6.45) is 3.49. The Labute approximate surface area is 113 Å². The van der Waals surface area contributed by atoms with Gasteiger partial charge in [-0.15, -0.1) is 0 Å². The van der Waals surface area contributed by atoms with E-state index in [1.165, 1.54) is 6.42 Å². The first-order chi connectivity index (χ1) is 9.20. The smallest absolute Gasteiger partial charge is 0.335 e. The van der Waals surface area contributed by atoms with Crippen molar-refractivity contribution in [2.45, 2.75) is 18.9 Å². The Morgan fingerprint density at radius 2 is 2.21 bits per heavy atom. The highest BCUT2D eigenvalue weighted by molar-refractivity contribution is 5.83. The van der Waals surface area contributed by atoms with Crippen LogP contribution in [-0.4, -0.2) is 37.1 Å². The number of benzene rings is 1. The van der Waals surface area contributed by atoms with Crippen molar-refractivity contribution < 1.29 is 14.3 Å². The first-order valence-corrected chi connectivity index (χ1v) is 6.47. The second kappa shape index (κ2) is 6.38. The predicted octanol–water partition coefficient (Wildman–Crippen LogP) is 2.25. The number of likely N-dealkylation sites (tertiary alicyclic amines) is 1. The van der Waals surface area contributed by atoms with Crippen molar-refractivity contribution in [1.82, 2.24) is 4.90 Å². The van der Waals surface area contributed by atoms with E-state index in [1.807, 2.05) is 6.07 Å². The van der Waals surface area contributed by atoms with Crippen molar-refractivity contribution in [3.8, 4) is 11.5 Å². The summed E-state index contributed by atoms with van der Waals surface area (Å²) in [7, 11) is 2.10. The van der Waals surface area contributed by atoms with Crippen molar-refractivity contribution in [2.75, 3.05) is 20.2 Å². The molecule has 1 heterocycles. The van der Waals surface area contributed by atoms with Gasteiger partial charge >= 0.3 is 5.97 Å². The minimum absolute atomic E-state index is 0.433. The van der Waals surface area contributed by atoms with Gasteiger partial charge in [0.05, 0.1) is 0 Å². The molecular weight excluding hydrogens is 242 g/mol. The van der Waals surface area contributed by atoms with E-state index in [0.717, 1.165) is 19.0 Å². The third-order valence-electron chi connectivity index (χ3n) is 3.33. The number of carbonyl (C=O) groups is 1. The number of hydrogen-bond donors (Lipinski definition) is 0. The summed E-state index contributed by atoms with van der Waals surface area (Å²) < 4.78 is 10.9. The van der Waals surface area contributed by atoms with Crippen LogP contribution in [-0.2, 0) is 4.79 Å². The van der Waals surface area contributed by atoms with Crippen molar-refractivity contribution in [3.05, 3.63) is 36.9 Å². The number of ether oxygens (including phenoxy) is 2. The van der Waals surface area contributed by atoms with Crippen LogP contribution in [0.4, 0.5) is 0 Å². The van der Waals surface area contributed by atoms with Crippen LogP contribution in [0.3, 0.4) is 0 Å². The summed E-state index contributed by atoms with van der Waals surface area (Å²) in [4.78, 5) is 13.5. The van der Waals surface area contributed by atoms with Gasteiger partial charge in [-0.1, -0.05) is 18.7 Å². The topological polar surface area (TPSA) is 38.8 Å². The third-order valence-corrected chi connectivity index (χ3v) is 3.33. The molecule has 1 aromatic rings. The van der Waals surface area contributed by atoms with Gasteiger partial charge in [0.1, 0.15) is 6.61 Å². The van der Waals surface area contributed by atoms with E-state index < -0.39 is 5.97 Å². The lowest BCUT2D eigenvalue weighted by molar-refractivity contribution is -0.129. The van der Waals surface area contributed by atoms with Crippen LogP contribution in [0.5, 0.6) is 11.5 Å². The Morgan fingerprint density at radius 3 is 2.84 bits per heavy atom. The van der Waals surface area contributed by atoms with Crippen LogP contribution < -0.4 is 9.47 Å². The number of para-hydroxylation sites is 2. The Bertz CT molecular complexity index is 458. The summed E-state index contributed by atoms with van der Waals surface area (Å²) in [5, 5.41) is 0. The zero-order chi connectivity index (χ0) is 13.7. The molecule has 0 aliphatic carbocycles. The summed E-state index contributed by atoms with van der Waals surface area (Å²) in [5.41, 5.74) is 0. The third kappa shape index (κ3) is 3.58. The number of carbonyl (C=O) groups excluding carboxylic acids is 1. The zero-order valence-electron chi connectivity index (χ0n) is 11.2. The number of esters is 1. The normalized spacial score (nSPS) is 19.1. The van der Waals surface area contributed by atoms with E-state index in [4.69, 9.17) is 9.47 Å². The maximum Gasteiger partial charge on any atom is 0.335 e. The van der Waals surface area contributed by atoms with Gasteiger partial charge in [-0.05, 0) is 38.6 Å². The van der Waals surface area contributed by atoms with Crippen LogP contribution >= 0.6 is 0 Å². The van der Waals surface area contributed by atoms with Crippen molar-refractivity contribution in [3.63, 3.8) is 0 Å². The summed E-state index contributed by atoms with van der Waals surface area (Å²) >= 11 is 0. The molecule has 0 aromatic heterocycles. The molecule has 4 heteroatoms. The summed E-state index contributed by atoms with van der Waals surface area (Å²) in [6, 6.07) is 7.62. The van der Waals surface area contributed by atoms with Crippen LogP contribution in [0.2, 0.25) is 0 Å². The van der Waals surface area contributed by atoms with E-state index >= 15 is 0 Å². The molecule has 19 heavy (non-hydrogen) atoms. The molecule has 2 rings (SSSR count). The lowest BCUT2D eigenvalue weighted by Crippen LogP contribution is -2.30. The van der Waals surface area contributed by atoms with E-state index in [2.05, 4.69) is 18.5 Å². The maximum atomic E-state index is 11.2. The SMILES string of the molecule is C=CC(=O)Oc1ccccc1OCC1CCCN1C. The first kappa shape index (κ1) is 13.6. The standard InChI is InChI=1S/C15H19NO3/c1-3-15(17)19-14-9-5-4-8-13(14)18-11-12-7-6-10-16(12)2/h3-5,8-9,12H,1,6-7,10-11H2,2H3. The number of nitrogens with zero attached hydrogens (tertiary/aromatic N) is 1. The molecular formula is C15H19NO3. The van der Waals surface area contributed by atoms with E-state index in [-0.39, 0.29) is 0 Å². The van der Waals surface area contributed by atoms with E-state index in [9.17, 15) is 4.79 Å². The van der Waals surface area contributed by atoms with Gasteiger partial charge in [-0.2, -0.15) is 0 Å². The monoisotopic (exact) mass is 261 g/mol. The van der Waals surface area contributed by atoms with Crippen molar-refractivity contribution in [2.24, 2.45) is 0 Å². The fourth-order valence-electron chi connectivity index (χ4n) is 2.18. The Balaban J connectivity index is 1.99. The van der Waals surface area contributed by atoms with Gasteiger partial charge in [0, 0.05) is 12.1 Å². The number of hydrogen-bond acceptors (Lipinski definition) is 4. The summed E-state index contributed by atoms with van der Waals surface area (Å²) in [5.74, 6) is 0.556. The highest BCUT2D eigenvalue weighted by Crippen LogP contribution is 2.27. The average molecular weight is 261 g/mol. The maximum absolute atomic E-state index is 11.2. The van der Waals surface area contributed by atoms with Crippen molar-refractivity contribution in [1.29, 1.82) is 0 Å². The highest BCUT2D eigenvalue weighted by Gasteiger charge is 2.21. The Morgan fingerprint density at radius 1 is 1.47 bits per heavy atom. The first-order valence-electron chi connectivity index (χ1n) is 6.47. The average Bonchev–Trinajstić information content (AvgIpc) is 2.83. The van der Waals surface area contributed by atoms with Gasteiger partial charge < -0.3 is 14.4 Å². The lowest BCUT2D eigenvalue weighted by atomic mass is 10.2. The Hall–Kier alpha value is -1.81. The van der Waals surface area contributed by atoms with Gasteiger partial charge in [-0.3, -0.25) is 0 Å². The molecule has 1 fully saturated rings. The number of rotatable bonds is 5. The molecule has 1 aliphatic rings. The minimum Gasteiger partial charge on any atom is -0.488 e. The second-order valence-corrected chi connectivity index (χ2v) is 4.66. The number of likely N-dealkylation sites (N-methyl/N-ethyl adjacent to an activating group) is 1. The molecule has 0 spiro atoms. The molecule has 4 nitrogen and oxygen atoms in total. The molecule has 1 aromatic carbocycles. The van der Waals surface area contributed by atoms with Crippen LogP contribution in [0.1, 0.15) is 12.8 Å². The molecule has 0 amide bonds. The quantitative estimate of drug-likeness (QED) is 0.463. The minimum atomic E-state index is -0.478. The molecule has 0 bridgehead atoms. The van der Waals surface area contributed by atoms with Gasteiger partial charge in [0.25, 0.3) is 0 Å². The molecule has 0 saturated carbocycles. The van der Waals surface area contributed by atoms with E-state index in [0.29, 0.717) is 24.1 Å². The second-order valence-electron chi connectivity index (χ2n) is 4.66. The van der Waals surface area contributed by atoms with Crippen LogP contribution in [0.25, 0.3) is 0 Å². The molecule has 102 valence electrons. The Kier molecular flexibility index (Phi) is 4.58. The molecule has 0 radical (unpaired) electrons. The molecule has 1 atom stereocenters.